The van der Waals surface area contributed by atoms with E-state index < -0.39 is 11.8 Å². The molecule has 0 fully saturated rings. The number of benzene rings is 2. The number of carbonyl (C=O) groups excluding carboxylic acids is 2. The Kier molecular flexibility index (Phi) is 6.53. The van der Waals surface area contributed by atoms with E-state index in [-0.39, 0.29) is 0 Å². The summed E-state index contributed by atoms with van der Waals surface area (Å²) in [4.78, 5) is 23.8. The van der Waals surface area contributed by atoms with Crippen LogP contribution in [0.4, 0.5) is 5.69 Å². The predicted octanol–water partition coefficient (Wildman–Crippen LogP) is 2.18. The van der Waals surface area contributed by atoms with Gasteiger partial charge in [0, 0.05) is 5.56 Å². The van der Waals surface area contributed by atoms with Gasteiger partial charge in [-0.1, -0.05) is 24.3 Å². The molecule has 7 heteroatoms. The molecule has 0 spiro atoms. The summed E-state index contributed by atoms with van der Waals surface area (Å²) in [5.74, 6) is -0.638. The number of rotatable bonds is 6. The van der Waals surface area contributed by atoms with Crippen LogP contribution in [0, 0.1) is 0 Å². The Morgan fingerprint density at radius 1 is 1.04 bits per heavy atom. The Morgan fingerprint density at radius 3 is 2.44 bits per heavy atom. The molecule has 0 aliphatic carbocycles. The lowest BCUT2D eigenvalue weighted by Crippen LogP contribution is -2.32. The summed E-state index contributed by atoms with van der Waals surface area (Å²) in [6, 6.07) is 14.0. The van der Waals surface area contributed by atoms with Crippen molar-refractivity contribution in [2.24, 2.45) is 5.10 Å². The first-order chi connectivity index (χ1) is 12.2. The maximum Gasteiger partial charge on any atom is 0.329 e. The maximum absolute atomic E-state index is 12.0. The number of para-hydroxylation sites is 3. The molecule has 0 aromatic heterocycles. The summed E-state index contributed by atoms with van der Waals surface area (Å²) in [6.45, 7) is 2.28. The number of carbonyl (C=O) groups is 2. The van der Waals surface area contributed by atoms with Crippen molar-refractivity contribution in [1.29, 1.82) is 0 Å². The van der Waals surface area contributed by atoms with Crippen molar-refractivity contribution in [3.63, 3.8) is 0 Å². The van der Waals surface area contributed by atoms with E-state index in [0.717, 1.165) is 0 Å². The largest absolute Gasteiger partial charge is 0.496 e. The highest BCUT2D eigenvalue weighted by molar-refractivity contribution is 6.39. The van der Waals surface area contributed by atoms with Gasteiger partial charge in [0.05, 0.1) is 25.6 Å². The zero-order valence-electron chi connectivity index (χ0n) is 14.0. The van der Waals surface area contributed by atoms with Crippen molar-refractivity contribution in [3.8, 4) is 11.5 Å². The fraction of sp³-hybridized carbons (Fsp3) is 0.167. The number of hydrogen-bond acceptors (Lipinski definition) is 5. The number of amides is 2. The molecule has 0 bridgehead atoms. The van der Waals surface area contributed by atoms with E-state index >= 15 is 0 Å². The van der Waals surface area contributed by atoms with Crippen LogP contribution in [0.5, 0.6) is 11.5 Å². The minimum Gasteiger partial charge on any atom is -0.496 e. The Morgan fingerprint density at radius 2 is 1.72 bits per heavy atom. The van der Waals surface area contributed by atoms with Gasteiger partial charge in [-0.2, -0.15) is 5.10 Å². The topological polar surface area (TPSA) is 89.0 Å². The third-order valence-electron chi connectivity index (χ3n) is 3.15. The van der Waals surface area contributed by atoms with Gasteiger partial charge in [0.15, 0.2) is 0 Å². The van der Waals surface area contributed by atoms with E-state index in [1.54, 1.807) is 36.4 Å². The van der Waals surface area contributed by atoms with Gasteiger partial charge in [0.25, 0.3) is 0 Å². The first kappa shape index (κ1) is 18.0. The van der Waals surface area contributed by atoms with Gasteiger partial charge >= 0.3 is 11.8 Å². The lowest BCUT2D eigenvalue weighted by Gasteiger charge is -2.10. The highest BCUT2D eigenvalue weighted by Crippen LogP contribution is 2.23. The Hall–Kier alpha value is -3.35. The molecular weight excluding hydrogens is 322 g/mol. The number of nitrogens with zero attached hydrogens (tertiary/aromatic N) is 1. The molecule has 2 amide bonds. The average Bonchev–Trinajstić information content (AvgIpc) is 2.63. The van der Waals surface area contributed by atoms with Crippen LogP contribution in [-0.2, 0) is 9.59 Å². The molecule has 2 aromatic rings. The van der Waals surface area contributed by atoms with Gasteiger partial charge in [-0.3, -0.25) is 9.59 Å². The van der Waals surface area contributed by atoms with E-state index in [1.165, 1.54) is 13.3 Å². The predicted molar refractivity (Wildman–Crippen MR) is 95.0 cm³/mol. The van der Waals surface area contributed by atoms with Gasteiger partial charge in [-0.05, 0) is 31.2 Å². The molecule has 0 radical (unpaired) electrons. The van der Waals surface area contributed by atoms with Crippen LogP contribution in [0.2, 0.25) is 0 Å². The van der Waals surface area contributed by atoms with Crippen LogP contribution in [0.3, 0.4) is 0 Å². The lowest BCUT2D eigenvalue weighted by atomic mass is 10.2. The number of methoxy groups -OCH3 is 1. The highest BCUT2D eigenvalue weighted by Gasteiger charge is 2.15. The van der Waals surface area contributed by atoms with Gasteiger partial charge < -0.3 is 14.8 Å². The maximum atomic E-state index is 12.0. The van der Waals surface area contributed by atoms with Crippen LogP contribution >= 0.6 is 0 Å². The smallest absolute Gasteiger partial charge is 0.329 e. The molecule has 2 rings (SSSR count). The summed E-state index contributed by atoms with van der Waals surface area (Å²) >= 11 is 0. The van der Waals surface area contributed by atoms with E-state index in [0.29, 0.717) is 29.4 Å². The van der Waals surface area contributed by atoms with Gasteiger partial charge in [-0.15, -0.1) is 0 Å². The second-order valence-corrected chi connectivity index (χ2v) is 4.82. The first-order valence-electron chi connectivity index (χ1n) is 7.65. The average molecular weight is 341 g/mol. The summed E-state index contributed by atoms with van der Waals surface area (Å²) in [5.41, 5.74) is 3.26. The van der Waals surface area contributed by atoms with Crippen molar-refractivity contribution in [3.05, 3.63) is 54.1 Å². The van der Waals surface area contributed by atoms with Crippen LogP contribution in [-0.4, -0.2) is 31.7 Å². The Bertz CT molecular complexity index is 774. The van der Waals surface area contributed by atoms with Crippen molar-refractivity contribution >= 4 is 23.7 Å². The van der Waals surface area contributed by atoms with Gasteiger partial charge in [0.2, 0.25) is 0 Å². The number of ether oxygens (including phenoxy) is 2. The zero-order chi connectivity index (χ0) is 18.1. The second-order valence-electron chi connectivity index (χ2n) is 4.82. The minimum absolute atomic E-state index is 0.415. The SMILES string of the molecule is CCOc1ccccc1NC(=O)C(=O)N/N=C\c1ccccc1OC. The van der Waals surface area contributed by atoms with Crippen molar-refractivity contribution < 1.29 is 19.1 Å². The zero-order valence-corrected chi connectivity index (χ0v) is 14.0. The minimum atomic E-state index is -0.891. The molecular formula is C18H19N3O4. The monoisotopic (exact) mass is 341 g/mol. The molecule has 2 N–H and O–H groups in total. The van der Waals surface area contributed by atoms with Gasteiger partial charge in [-0.25, -0.2) is 5.43 Å². The molecule has 7 nitrogen and oxygen atoms in total. The normalized spacial score (nSPS) is 10.3. The standard InChI is InChI=1S/C18H19N3O4/c1-3-25-16-11-7-5-9-14(16)20-17(22)18(23)21-19-12-13-8-4-6-10-15(13)24-2/h4-12H,3H2,1-2H3,(H,20,22)(H,21,23)/b19-12-. The fourth-order valence-corrected chi connectivity index (χ4v) is 2.01. The van der Waals surface area contributed by atoms with Crippen molar-refractivity contribution in [1.82, 2.24) is 5.43 Å². The summed E-state index contributed by atoms with van der Waals surface area (Å²) in [5, 5.41) is 6.27. The van der Waals surface area contributed by atoms with Crippen LogP contribution < -0.4 is 20.2 Å². The van der Waals surface area contributed by atoms with Crippen LogP contribution in [0.25, 0.3) is 0 Å². The van der Waals surface area contributed by atoms with Crippen LogP contribution in [0.15, 0.2) is 53.6 Å². The van der Waals surface area contributed by atoms with E-state index in [2.05, 4.69) is 15.8 Å². The summed E-state index contributed by atoms with van der Waals surface area (Å²) in [7, 11) is 1.54. The summed E-state index contributed by atoms with van der Waals surface area (Å²) < 4.78 is 10.6. The molecule has 2 aromatic carbocycles. The van der Waals surface area contributed by atoms with Crippen LogP contribution in [0.1, 0.15) is 12.5 Å². The molecule has 0 aliphatic rings. The quantitative estimate of drug-likeness (QED) is 0.479. The first-order valence-corrected chi connectivity index (χ1v) is 7.65. The number of nitrogens with one attached hydrogen (secondary N) is 2. The molecule has 0 aliphatic heterocycles. The van der Waals surface area contributed by atoms with Gasteiger partial charge in [0.1, 0.15) is 11.5 Å². The molecule has 0 saturated heterocycles. The molecule has 25 heavy (non-hydrogen) atoms. The third-order valence-corrected chi connectivity index (χ3v) is 3.15. The molecule has 0 heterocycles. The second kappa shape index (κ2) is 9.07. The molecule has 0 unspecified atom stereocenters. The summed E-state index contributed by atoms with van der Waals surface area (Å²) in [6.07, 6.45) is 1.40. The highest BCUT2D eigenvalue weighted by atomic mass is 16.5. The number of anilines is 1. The molecule has 130 valence electrons. The van der Waals surface area contributed by atoms with Crippen molar-refractivity contribution in [2.75, 3.05) is 19.0 Å². The van der Waals surface area contributed by atoms with E-state index in [1.807, 2.05) is 19.1 Å². The molecule has 0 saturated carbocycles. The third kappa shape index (κ3) is 5.07. The lowest BCUT2D eigenvalue weighted by molar-refractivity contribution is -0.136. The Labute approximate surface area is 145 Å². The Balaban J connectivity index is 1.97. The fourth-order valence-electron chi connectivity index (χ4n) is 2.01. The van der Waals surface area contributed by atoms with E-state index in [4.69, 9.17) is 9.47 Å². The number of hydrazone groups is 1. The van der Waals surface area contributed by atoms with Crippen molar-refractivity contribution in [2.45, 2.75) is 6.92 Å². The number of hydrogen-bond donors (Lipinski definition) is 2. The molecule has 0 atom stereocenters. The van der Waals surface area contributed by atoms with E-state index in [9.17, 15) is 9.59 Å².